The van der Waals surface area contributed by atoms with Gasteiger partial charge in [-0.3, -0.25) is 4.79 Å². The van der Waals surface area contributed by atoms with Gasteiger partial charge in [0.05, 0.1) is 6.54 Å². The zero-order valence-corrected chi connectivity index (χ0v) is 6.97. The minimum atomic E-state index is -0.260. The lowest BCUT2D eigenvalue weighted by Crippen LogP contribution is -2.35. The predicted molar refractivity (Wildman–Crippen MR) is 44.0 cm³/mol. The second-order valence-electron chi connectivity index (χ2n) is 3.46. The van der Waals surface area contributed by atoms with E-state index in [1.165, 1.54) is 19.3 Å². The number of nitrogens with one attached hydrogen (secondary N) is 1. The van der Waals surface area contributed by atoms with E-state index in [-0.39, 0.29) is 5.91 Å². The molecule has 3 heteroatoms. The van der Waals surface area contributed by atoms with Crippen LogP contribution in [0.15, 0.2) is 0 Å². The van der Waals surface area contributed by atoms with Crippen LogP contribution in [0.25, 0.3) is 0 Å². The smallest absolute Gasteiger partial charge is 0.231 e. The Labute approximate surface area is 67.3 Å². The molecule has 1 saturated carbocycles. The molecule has 2 unspecified atom stereocenters. The molecule has 0 heterocycles. The van der Waals surface area contributed by atoms with Crippen LogP contribution >= 0.6 is 0 Å². The molecule has 1 amide bonds. The fourth-order valence-electron chi connectivity index (χ4n) is 1.64. The highest BCUT2D eigenvalue weighted by atomic mass is 16.1. The van der Waals surface area contributed by atoms with Crippen molar-refractivity contribution in [1.29, 1.82) is 0 Å². The van der Waals surface area contributed by atoms with Crippen molar-refractivity contribution >= 4 is 5.91 Å². The van der Waals surface area contributed by atoms with Gasteiger partial charge in [-0.2, -0.15) is 0 Å². The van der Waals surface area contributed by atoms with E-state index in [1.807, 2.05) is 0 Å². The molecule has 0 aliphatic heterocycles. The van der Waals surface area contributed by atoms with E-state index in [9.17, 15) is 4.79 Å². The summed E-state index contributed by atoms with van der Waals surface area (Å²) in [6, 6.07) is 0.525. The molecule has 3 N–H and O–H groups in total. The minimum Gasteiger partial charge on any atom is -0.369 e. The number of rotatable bonds is 3. The van der Waals surface area contributed by atoms with Gasteiger partial charge in [0.1, 0.15) is 0 Å². The molecule has 1 fully saturated rings. The van der Waals surface area contributed by atoms with Crippen LogP contribution in [-0.2, 0) is 4.79 Å². The first kappa shape index (κ1) is 8.53. The number of hydrogen-bond donors (Lipinski definition) is 2. The topological polar surface area (TPSA) is 55.1 Å². The van der Waals surface area contributed by atoms with Gasteiger partial charge >= 0.3 is 0 Å². The second-order valence-corrected chi connectivity index (χ2v) is 3.46. The van der Waals surface area contributed by atoms with E-state index in [1.54, 1.807) is 0 Å². The largest absolute Gasteiger partial charge is 0.369 e. The molecule has 3 nitrogen and oxygen atoms in total. The third kappa shape index (κ3) is 2.89. The Bertz CT molecular complexity index is 147. The summed E-state index contributed by atoms with van der Waals surface area (Å²) in [5.41, 5.74) is 5.00. The second kappa shape index (κ2) is 3.72. The Morgan fingerprint density at radius 1 is 1.64 bits per heavy atom. The summed E-state index contributed by atoms with van der Waals surface area (Å²) in [7, 11) is 0. The van der Waals surface area contributed by atoms with Gasteiger partial charge < -0.3 is 11.1 Å². The maximum atomic E-state index is 10.4. The van der Waals surface area contributed by atoms with Crippen LogP contribution in [0.4, 0.5) is 0 Å². The lowest BCUT2D eigenvalue weighted by Gasteiger charge is -2.09. The lowest BCUT2D eigenvalue weighted by molar-refractivity contribution is -0.117. The maximum Gasteiger partial charge on any atom is 0.231 e. The number of hydrogen-bond acceptors (Lipinski definition) is 2. The molecule has 0 aromatic heterocycles. The van der Waals surface area contributed by atoms with Crippen molar-refractivity contribution < 1.29 is 4.79 Å². The molecule has 2 atom stereocenters. The summed E-state index contributed by atoms with van der Waals surface area (Å²) in [5.74, 6) is 0.546. The van der Waals surface area contributed by atoms with Gasteiger partial charge in [0, 0.05) is 6.04 Å². The van der Waals surface area contributed by atoms with Crippen LogP contribution in [-0.4, -0.2) is 18.5 Å². The third-order valence-electron chi connectivity index (χ3n) is 2.26. The van der Waals surface area contributed by atoms with Crippen molar-refractivity contribution in [2.45, 2.75) is 32.2 Å². The molecule has 1 rings (SSSR count). The monoisotopic (exact) mass is 156 g/mol. The maximum absolute atomic E-state index is 10.4. The summed E-state index contributed by atoms with van der Waals surface area (Å²) in [5, 5.41) is 3.14. The molecule has 64 valence electrons. The van der Waals surface area contributed by atoms with E-state index in [2.05, 4.69) is 12.2 Å². The van der Waals surface area contributed by atoms with Gasteiger partial charge in [-0.25, -0.2) is 0 Å². The molecule has 0 aromatic carbocycles. The Balaban J connectivity index is 2.13. The molecule has 0 radical (unpaired) electrons. The summed E-state index contributed by atoms with van der Waals surface area (Å²) >= 11 is 0. The number of nitrogens with two attached hydrogens (primary N) is 1. The van der Waals surface area contributed by atoms with Gasteiger partial charge in [0.2, 0.25) is 5.91 Å². The van der Waals surface area contributed by atoms with Crippen LogP contribution < -0.4 is 11.1 Å². The zero-order chi connectivity index (χ0) is 8.27. The standard InChI is InChI=1S/C8H16N2O/c1-6-2-3-7(4-6)10-5-8(9)11/h6-7,10H,2-5H2,1H3,(H2,9,11). The first-order chi connectivity index (χ1) is 5.18. The normalized spacial score (nSPS) is 30.6. The van der Waals surface area contributed by atoms with E-state index < -0.39 is 0 Å². The molecule has 0 saturated heterocycles. The molecule has 0 aromatic rings. The SMILES string of the molecule is CC1CCC(NCC(N)=O)C1. The Morgan fingerprint density at radius 3 is 2.82 bits per heavy atom. The summed E-state index contributed by atoms with van der Waals surface area (Å²) < 4.78 is 0. The molecular formula is C8H16N2O. The highest BCUT2D eigenvalue weighted by Gasteiger charge is 2.20. The number of amides is 1. The highest BCUT2D eigenvalue weighted by molar-refractivity contribution is 5.75. The molecular weight excluding hydrogens is 140 g/mol. The average molecular weight is 156 g/mol. The van der Waals surface area contributed by atoms with Crippen LogP contribution in [0.5, 0.6) is 0 Å². The molecule has 0 bridgehead atoms. The first-order valence-electron chi connectivity index (χ1n) is 4.20. The van der Waals surface area contributed by atoms with Gasteiger partial charge in [0.25, 0.3) is 0 Å². The molecule has 11 heavy (non-hydrogen) atoms. The Hall–Kier alpha value is -0.570. The van der Waals surface area contributed by atoms with Crippen molar-refractivity contribution in [3.63, 3.8) is 0 Å². The van der Waals surface area contributed by atoms with Crippen LogP contribution in [0.3, 0.4) is 0 Å². The minimum absolute atomic E-state index is 0.260. The van der Waals surface area contributed by atoms with Gasteiger partial charge in [-0.1, -0.05) is 6.92 Å². The van der Waals surface area contributed by atoms with Crippen molar-refractivity contribution in [1.82, 2.24) is 5.32 Å². The van der Waals surface area contributed by atoms with E-state index in [0.29, 0.717) is 12.6 Å². The van der Waals surface area contributed by atoms with Crippen LogP contribution in [0, 0.1) is 5.92 Å². The molecule has 1 aliphatic carbocycles. The number of carbonyl (C=O) groups is 1. The molecule has 0 spiro atoms. The third-order valence-corrected chi connectivity index (χ3v) is 2.26. The van der Waals surface area contributed by atoms with Crippen molar-refractivity contribution in [3.05, 3.63) is 0 Å². The van der Waals surface area contributed by atoms with Gasteiger partial charge in [-0.15, -0.1) is 0 Å². The van der Waals surface area contributed by atoms with Crippen molar-refractivity contribution in [3.8, 4) is 0 Å². The predicted octanol–water partition coefficient (Wildman–Crippen LogP) is 0.250. The van der Waals surface area contributed by atoms with E-state index in [0.717, 1.165) is 5.92 Å². The Morgan fingerprint density at radius 2 is 2.36 bits per heavy atom. The summed E-state index contributed by atoms with van der Waals surface area (Å²) in [6.07, 6.45) is 3.65. The summed E-state index contributed by atoms with van der Waals surface area (Å²) in [4.78, 5) is 10.4. The fraction of sp³-hybridized carbons (Fsp3) is 0.875. The van der Waals surface area contributed by atoms with Crippen LogP contribution in [0.2, 0.25) is 0 Å². The Kier molecular flexibility index (Phi) is 2.88. The van der Waals surface area contributed by atoms with Crippen LogP contribution in [0.1, 0.15) is 26.2 Å². The highest BCUT2D eigenvalue weighted by Crippen LogP contribution is 2.24. The van der Waals surface area contributed by atoms with E-state index in [4.69, 9.17) is 5.73 Å². The first-order valence-corrected chi connectivity index (χ1v) is 4.20. The number of primary amides is 1. The number of carbonyl (C=O) groups excluding carboxylic acids is 1. The van der Waals surface area contributed by atoms with E-state index >= 15 is 0 Å². The average Bonchev–Trinajstić information content (AvgIpc) is 2.31. The quantitative estimate of drug-likeness (QED) is 0.615. The fourth-order valence-corrected chi connectivity index (χ4v) is 1.64. The zero-order valence-electron chi connectivity index (χ0n) is 6.97. The molecule has 1 aliphatic rings. The summed E-state index contributed by atoms with van der Waals surface area (Å²) in [6.45, 7) is 2.57. The van der Waals surface area contributed by atoms with Crippen molar-refractivity contribution in [2.24, 2.45) is 11.7 Å². The van der Waals surface area contributed by atoms with Crippen molar-refractivity contribution in [2.75, 3.05) is 6.54 Å². The lowest BCUT2D eigenvalue weighted by atomic mass is 10.1. The van der Waals surface area contributed by atoms with Gasteiger partial charge in [0.15, 0.2) is 0 Å². The van der Waals surface area contributed by atoms with Gasteiger partial charge in [-0.05, 0) is 25.2 Å².